The van der Waals surface area contributed by atoms with E-state index in [-0.39, 0.29) is 17.7 Å². The molecule has 1 amide bonds. The molecule has 2 unspecified atom stereocenters. The number of nitrogens with zero attached hydrogens (tertiary/aromatic N) is 4. The van der Waals surface area contributed by atoms with Crippen LogP contribution in [0.15, 0.2) is 0 Å². The van der Waals surface area contributed by atoms with E-state index in [1.165, 1.54) is 19.3 Å². The molecule has 0 radical (unpaired) electrons. The topological polar surface area (TPSA) is 89.8 Å². The highest BCUT2D eigenvalue weighted by Crippen LogP contribution is 2.34. The van der Waals surface area contributed by atoms with E-state index in [0.717, 1.165) is 25.7 Å². The number of hydrogen-bond donors (Lipinski definition) is 1. The number of hydrogen-bond acceptors (Lipinski definition) is 5. The van der Waals surface area contributed by atoms with E-state index >= 15 is 0 Å². The summed E-state index contributed by atoms with van der Waals surface area (Å²) in [5.41, 5.74) is 0. The number of rotatable bonds is 6. The maximum atomic E-state index is 12.4. The van der Waals surface area contributed by atoms with Crippen LogP contribution in [0.1, 0.15) is 63.7 Å². The highest BCUT2D eigenvalue weighted by Gasteiger charge is 2.30. The zero-order valence-corrected chi connectivity index (χ0v) is 13.7. The SMILES string of the molecule is CC(C(=O)NC1CCCCC1)S(=O)Cc1nnnn1C1CC1. The van der Waals surface area contributed by atoms with Gasteiger partial charge in [0.2, 0.25) is 5.91 Å². The molecule has 2 aliphatic rings. The molecule has 3 rings (SSSR count). The summed E-state index contributed by atoms with van der Waals surface area (Å²) in [4.78, 5) is 12.2. The Labute approximate surface area is 132 Å². The molecule has 0 aliphatic heterocycles. The summed E-state index contributed by atoms with van der Waals surface area (Å²) in [7, 11) is -1.30. The van der Waals surface area contributed by atoms with Crippen LogP contribution in [0.4, 0.5) is 0 Å². The molecule has 1 aromatic rings. The molecule has 0 aromatic carbocycles. The van der Waals surface area contributed by atoms with Gasteiger partial charge in [-0.3, -0.25) is 9.00 Å². The predicted octanol–water partition coefficient (Wildman–Crippen LogP) is 1.09. The molecule has 1 aromatic heterocycles. The third kappa shape index (κ3) is 3.71. The van der Waals surface area contributed by atoms with Crippen LogP contribution in [0, 0.1) is 0 Å². The first-order valence-corrected chi connectivity index (χ1v) is 9.47. The van der Waals surface area contributed by atoms with E-state index in [4.69, 9.17) is 0 Å². The molecule has 2 saturated carbocycles. The Morgan fingerprint density at radius 1 is 1.32 bits per heavy atom. The summed E-state index contributed by atoms with van der Waals surface area (Å²) >= 11 is 0. The van der Waals surface area contributed by atoms with Crippen LogP contribution in [0.3, 0.4) is 0 Å². The van der Waals surface area contributed by atoms with Gasteiger partial charge in [0.25, 0.3) is 0 Å². The zero-order valence-electron chi connectivity index (χ0n) is 12.9. The molecule has 1 N–H and O–H groups in total. The normalized spacial score (nSPS) is 22.2. The average Bonchev–Trinajstić information content (AvgIpc) is 3.27. The molecule has 0 bridgehead atoms. The average molecular weight is 325 g/mol. The van der Waals surface area contributed by atoms with E-state index in [9.17, 15) is 9.00 Å². The Morgan fingerprint density at radius 2 is 2.05 bits per heavy atom. The van der Waals surface area contributed by atoms with Crippen LogP contribution in [-0.2, 0) is 21.3 Å². The van der Waals surface area contributed by atoms with Gasteiger partial charge in [-0.1, -0.05) is 19.3 Å². The van der Waals surface area contributed by atoms with Crippen molar-refractivity contribution in [3.63, 3.8) is 0 Å². The van der Waals surface area contributed by atoms with Crippen LogP contribution in [0.5, 0.6) is 0 Å². The minimum atomic E-state index is -1.30. The standard InChI is InChI=1S/C14H23N5O2S/c1-10(14(20)15-11-5-3-2-4-6-11)22(21)9-13-16-17-18-19(13)12-7-8-12/h10-12H,2-9H2,1H3,(H,15,20). The zero-order chi connectivity index (χ0) is 15.5. The number of nitrogens with one attached hydrogen (secondary N) is 1. The minimum absolute atomic E-state index is 0.115. The Balaban J connectivity index is 1.54. The second-order valence-corrected chi connectivity index (χ2v) is 8.04. The molecule has 2 atom stereocenters. The Hall–Kier alpha value is -1.31. The number of tetrazole rings is 1. The van der Waals surface area contributed by atoms with Gasteiger partial charge in [-0.25, -0.2) is 4.68 Å². The summed E-state index contributed by atoms with van der Waals surface area (Å²) in [5, 5.41) is 14.1. The lowest BCUT2D eigenvalue weighted by atomic mass is 9.95. The fourth-order valence-electron chi connectivity index (χ4n) is 2.85. The predicted molar refractivity (Wildman–Crippen MR) is 82.4 cm³/mol. The van der Waals surface area contributed by atoms with Crippen molar-refractivity contribution >= 4 is 16.7 Å². The number of carbonyl (C=O) groups excluding carboxylic acids is 1. The monoisotopic (exact) mass is 325 g/mol. The van der Waals surface area contributed by atoms with Gasteiger partial charge in [-0.15, -0.1) is 5.10 Å². The third-order valence-electron chi connectivity index (χ3n) is 4.44. The smallest absolute Gasteiger partial charge is 0.235 e. The van der Waals surface area contributed by atoms with Crippen LogP contribution < -0.4 is 5.32 Å². The fourth-order valence-corrected chi connectivity index (χ4v) is 3.85. The Bertz CT molecular complexity index is 551. The maximum Gasteiger partial charge on any atom is 0.235 e. The van der Waals surface area contributed by atoms with Crippen LogP contribution >= 0.6 is 0 Å². The summed E-state index contributed by atoms with van der Waals surface area (Å²) in [6, 6.07) is 0.603. The van der Waals surface area contributed by atoms with Crippen molar-refractivity contribution in [2.45, 2.75) is 75.0 Å². The highest BCUT2D eigenvalue weighted by molar-refractivity contribution is 7.85. The van der Waals surface area contributed by atoms with Crippen molar-refractivity contribution < 1.29 is 9.00 Å². The minimum Gasteiger partial charge on any atom is -0.352 e. The number of carbonyl (C=O) groups is 1. The van der Waals surface area contributed by atoms with Crippen molar-refractivity contribution in [3.05, 3.63) is 5.82 Å². The fraction of sp³-hybridized carbons (Fsp3) is 0.857. The lowest BCUT2D eigenvalue weighted by Crippen LogP contribution is -2.43. The summed E-state index contributed by atoms with van der Waals surface area (Å²) < 4.78 is 14.2. The summed E-state index contributed by atoms with van der Waals surface area (Å²) in [5.74, 6) is 0.747. The summed E-state index contributed by atoms with van der Waals surface area (Å²) in [6.07, 6.45) is 7.79. The second kappa shape index (κ2) is 6.85. The molecule has 22 heavy (non-hydrogen) atoms. The Morgan fingerprint density at radius 3 is 2.73 bits per heavy atom. The van der Waals surface area contributed by atoms with E-state index < -0.39 is 16.0 Å². The van der Waals surface area contributed by atoms with Crippen LogP contribution in [-0.4, -0.2) is 41.6 Å². The molecule has 122 valence electrons. The van der Waals surface area contributed by atoms with Crippen LogP contribution in [0.25, 0.3) is 0 Å². The van der Waals surface area contributed by atoms with Gasteiger partial charge in [0.05, 0.1) is 11.8 Å². The van der Waals surface area contributed by atoms with Gasteiger partial charge >= 0.3 is 0 Å². The molecule has 0 saturated heterocycles. The molecular weight excluding hydrogens is 302 g/mol. The van der Waals surface area contributed by atoms with Crippen molar-refractivity contribution in [2.24, 2.45) is 0 Å². The van der Waals surface area contributed by atoms with Crippen molar-refractivity contribution in [1.29, 1.82) is 0 Å². The first-order valence-electron chi connectivity index (χ1n) is 8.09. The Kier molecular flexibility index (Phi) is 4.85. The molecule has 2 fully saturated rings. The third-order valence-corrected chi connectivity index (χ3v) is 5.99. The first-order chi connectivity index (χ1) is 10.6. The molecule has 2 aliphatic carbocycles. The van der Waals surface area contributed by atoms with Crippen molar-refractivity contribution in [3.8, 4) is 0 Å². The second-order valence-electron chi connectivity index (χ2n) is 6.28. The lowest BCUT2D eigenvalue weighted by molar-refractivity contribution is -0.121. The maximum absolute atomic E-state index is 12.4. The van der Waals surface area contributed by atoms with Gasteiger partial charge in [-0.2, -0.15) is 0 Å². The number of amides is 1. The summed E-state index contributed by atoms with van der Waals surface area (Å²) in [6.45, 7) is 1.72. The molecule has 7 nitrogen and oxygen atoms in total. The van der Waals surface area contributed by atoms with Gasteiger partial charge < -0.3 is 5.32 Å². The first kappa shape index (κ1) is 15.6. The molecule has 1 heterocycles. The quantitative estimate of drug-likeness (QED) is 0.846. The highest BCUT2D eigenvalue weighted by atomic mass is 32.2. The molecule has 0 spiro atoms. The lowest BCUT2D eigenvalue weighted by Gasteiger charge is -2.24. The van der Waals surface area contributed by atoms with E-state index in [1.807, 2.05) is 0 Å². The van der Waals surface area contributed by atoms with E-state index in [2.05, 4.69) is 20.8 Å². The largest absolute Gasteiger partial charge is 0.352 e. The van der Waals surface area contributed by atoms with Crippen molar-refractivity contribution in [1.82, 2.24) is 25.5 Å². The molecular formula is C14H23N5O2S. The number of aromatic nitrogens is 4. The van der Waals surface area contributed by atoms with Crippen LogP contribution in [0.2, 0.25) is 0 Å². The molecule has 8 heteroatoms. The van der Waals surface area contributed by atoms with E-state index in [1.54, 1.807) is 11.6 Å². The van der Waals surface area contributed by atoms with Gasteiger partial charge in [0.1, 0.15) is 5.25 Å². The van der Waals surface area contributed by atoms with Crippen molar-refractivity contribution in [2.75, 3.05) is 0 Å². The van der Waals surface area contributed by atoms with Gasteiger partial charge in [0.15, 0.2) is 5.82 Å². The van der Waals surface area contributed by atoms with Gasteiger partial charge in [-0.05, 0) is 43.0 Å². The van der Waals surface area contributed by atoms with E-state index in [0.29, 0.717) is 11.9 Å². The van der Waals surface area contributed by atoms with Gasteiger partial charge in [0, 0.05) is 16.8 Å².